The molecule has 0 aliphatic carbocycles. The predicted molar refractivity (Wildman–Crippen MR) is 67.1 cm³/mol. The molecule has 1 heterocycles. The minimum absolute atomic E-state index is 0.319. The van der Waals surface area contributed by atoms with E-state index in [9.17, 15) is 17.6 Å². The topological polar surface area (TPSA) is 26.7 Å². The molecule has 0 aromatic heterocycles. The van der Waals surface area contributed by atoms with E-state index in [0.717, 1.165) is 5.69 Å². The van der Waals surface area contributed by atoms with Gasteiger partial charge in [0.1, 0.15) is 5.82 Å². The summed E-state index contributed by atoms with van der Waals surface area (Å²) in [6, 6.07) is 6.01. The Morgan fingerprint density at radius 1 is 1.05 bits per heavy atom. The molecule has 1 aromatic carbocycles. The maximum absolute atomic E-state index is 12.8. The summed E-state index contributed by atoms with van der Waals surface area (Å²) in [5, 5.41) is 9.03. The van der Waals surface area contributed by atoms with Crippen LogP contribution in [0.3, 0.4) is 0 Å². The standard InChI is InChI=1S/C13H16F4N2O/c14-10-1-3-11(4-2-10)19-7-5-18(6-8-19)9-12(20)13(15,16)17/h1-4,12,20H,5-9H2. The fourth-order valence-electron chi connectivity index (χ4n) is 2.19. The molecular formula is C13H16F4N2O. The van der Waals surface area contributed by atoms with E-state index in [1.54, 1.807) is 17.0 Å². The highest BCUT2D eigenvalue weighted by atomic mass is 19.4. The van der Waals surface area contributed by atoms with Crippen molar-refractivity contribution < 1.29 is 22.7 Å². The van der Waals surface area contributed by atoms with Crippen molar-refractivity contribution in [3.05, 3.63) is 30.1 Å². The zero-order chi connectivity index (χ0) is 14.8. The zero-order valence-electron chi connectivity index (χ0n) is 10.8. The summed E-state index contributed by atoms with van der Waals surface area (Å²) >= 11 is 0. The van der Waals surface area contributed by atoms with Crippen LogP contribution >= 0.6 is 0 Å². The third-order valence-electron chi connectivity index (χ3n) is 3.37. The normalized spacial score (nSPS) is 19.1. The van der Waals surface area contributed by atoms with Gasteiger partial charge in [0.25, 0.3) is 0 Å². The van der Waals surface area contributed by atoms with E-state index in [1.165, 1.54) is 12.1 Å². The van der Waals surface area contributed by atoms with E-state index in [2.05, 4.69) is 0 Å². The molecule has 1 aliphatic heterocycles. The van der Waals surface area contributed by atoms with Gasteiger partial charge in [0, 0.05) is 38.4 Å². The summed E-state index contributed by atoms with van der Waals surface area (Å²) in [5.74, 6) is -0.319. The first-order valence-corrected chi connectivity index (χ1v) is 6.34. The van der Waals surface area contributed by atoms with Crippen LogP contribution in [-0.2, 0) is 0 Å². The molecule has 112 valence electrons. The van der Waals surface area contributed by atoms with Crippen LogP contribution in [0.25, 0.3) is 0 Å². The number of hydrogen-bond acceptors (Lipinski definition) is 3. The minimum Gasteiger partial charge on any atom is -0.382 e. The van der Waals surface area contributed by atoms with Gasteiger partial charge in [-0.1, -0.05) is 0 Å². The molecule has 7 heteroatoms. The fraction of sp³-hybridized carbons (Fsp3) is 0.538. The van der Waals surface area contributed by atoms with Gasteiger partial charge in [-0.2, -0.15) is 13.2 Å². The van der Waals surface area contributed by atoms with Crippen molar-refractivity contribution in [1.82, 2.24) is 4.90 Å². The van der Waals surface area contributed by atoms with E-state index in [4.69, 9.17) is 5.11 Å². The molecule has 1 N–H and O–H groups in total. The number of hydrogen-bond donors (Lipinski definition) is 1. The average molecular weight is 292 g/mol. The van der Waals surface area contributed by atoms with Crippen LogP contribution in [-0.4, -0.2) is 55.0 Å². The molecule has 0 saturated carbocycles. The van der Waals surface area contributed by atoms with Gasteiger partial charge >= 0.3 is 6.18 Å². The van der Waals surface area contributed by atoms with Crippen LogP contribution in [0.15, 0.2) is 24.3 Å². The minimum atomic E-state index is -4.58. The quantitative estimate of drug-likeness (QED) is 0.862. The van der Waals surface area contributed by atoms with E-state index >= 15 is 0 Å². The van der Waals surface area contributed by atoms with Gasteiger partial charge < -0.3 is 10.0 Å². The number of rotatable bonds is 3. The Bertz CT molecular complexity index is 427. The lowest BCUT2D eigenvalue weighted by atomic mass is 10.2. The molecule has 1 unspecified atom stereocenters. The zero-order valence-corrected chi connectivity index (χ0v) is 10.8. The number of β-amino-alcohol motifs (C(OH)–C–C–N with tert-alkyl or cyclic N) is 1. The van der Waals surface area contributed by atoms with Crippen molar-refractivity contribution in [2.24, 2.45) is 0 Å². The van der Waals surface area contributed by atoms with E-state index < -0.39 is 18.8 Å². The summed E-state index contributed by atoms with van der Waals surface area (Å²) in [7, 11) is 0. The molecule has 0 spiro atoms. The van der Waals surface area contributed by atoms with Crippen LogP contribution in [0.1, 0.15) is 0 Å². The van der Waals surface area contributed by atoms with E-state index in [-0.39, 0.29) is 5.82 Å². The molecule has 1 atom stereocenters. The second kappa shape index (κ2) is 5.97. The van der Waals surface area contributed by atoms with Crippen molar-refractivity contribution >= 4 is 5.69 Å². The number of alkyl halides is 3. The lowest BCUT2D eigenvalue weighted by Crippen LogP contribution is -2.50. The third-order valence-corrected chi connectivity index (χ3v) is 3.37. The molecule has 2 rings (SSSR count). The first-order chi connectivity index (χ1) is 9.36. The smallest absolute Gasteiger partial charge is 0.382 e. The molecule has 1 saturated heterocycles. The van der Waals surface area contributed by atoms with Crippen molar-refractivity contribution in [2.45, 2.75) is 12.3 Å². The largest absolute Gasteiger partial charge is 0.415 e. The van der Waals surface area contributed by atoms with Gasteiger partial charge in [-0.15, -0.1) is 0 Å². The molecule has 0 bridgehead atoms. The van der Waals surface area contributed by atoms with E-state index in [1.807, 2.05) is 4.90 Å². The number of aliphatic hydroxyl groups is 1. The number of aliphatic hydroxyl groups excluding tert-OH is 1. The molecule has 0 radical (unpaired) electrons. The molecule has 1 fully saturated rings. The predicted octanol–water partition coefficient (Wildman–Crippen LogP) is 1.87. The lowest BCUT2D eigenvalue weighted by Gasteiger charge is -2.37. The van der Waals surface area contributed by atoms with Crippen molar-refractivity contribution in [3.8, 4) is 0 Å². The third kappa shape index (κ3) is 3.83. The molecule has 1 aliphatic rings. The van der Waals surface area contributed by atoms with Crippen molar-refractivity contribution in [3.63, 3.8) is 0 Å². The highest BCUT2D eigenvalue weighted by Crippen LogP contribution is 2.22. The van der Waals surface area contributed by atoms with Crippen LogP contribution < -0.4 is 4.90 Å². The number of nitrogens with zero attached hydrogens (tertiary/aromatic N) is 2. The van der Waals surface area contributed by atoms with Gasteiger partial charge in [0.2, 0.25) is 0 Å². The van der Waals surface area contributed by atoms with Crippen LogP contribution in [0, 0.1) is 5.82 Å². The first kappa shape index (κ1) is 15.1. The number of piperazine rings is 1. The summed E-state index contributed by atoms with van der Waals surface area (Å²) in [4.78, 5) is 3.56. The fourth-order valence-corrected chi connectivity index (χ4v) is 2.19. The van der Waals surface area contributed by atoms with E-state index in [0.29, 0.717) is 26.2 Å². The first-order valence-electron chi connectivity index (χ1n) is 6.34. The van der Waals surface area contributed by atoms with Crippen LogP contribution in [0.4, 0.5) is 23.2 Å². The second-order valence-corrected chi connectivity index (χ2v) is 4.82. The second-order valence-electron chi connectivity index (χ2n) is 4.82. The maximum Gasteiger partial charge on any atom is 0.415 e. The Kier molecular flexibility index (Phi) is 4.49. The van der Waals surface area contributed by atoms with Gasteiger partial charge in [0.05, 0.1) is 0 Å². The Morgan fingerprint density at radius 3 is 2.10 bits per heavy atom. The molecule has 0 amide bonds. The molecule has 20 heavy (non-hydrogen) atoms. The Morgan fingerprint density at radius 2 is 1.60 bits per heavy atom. The summed E-state index contributed by atoms with van der Waals surface area (Å²) in [5.41, 5.74) is 0.849. The Hall–Kier alpha value is -1.34. The number of benzene rings is 1. The average Bonchev–Trinajstić information content (AvgIpc) is 2.39. The van der Waals surface area contributed by atoms with Crippen molar-refractivity contribution in [2.75, 3.05) is 37.6 Å². The lowest BCUT2D eigenvalue weighted by molar-refractivity contribution is -0.208. The van der Waals surface area contributed by atoms with Gasteiger partial charge in [0.15, 0.2) is 6.10 Å². The van der Waals surface area contributed by atoms with Gasteiger partial charge in [-0.25, -0.2) is 4.39 Å². The summed E-state index contributed by atoms with van der Waals surface area (Å²) in [6.07, 6.45) is -6.88. The Balaban J connectivity index is 1.85. The van der Waals surface area contributed by atoms with Gasteiger partial charge in [-0.05, 0) is 24.3 Å². The van der Waals surface area contributed by atoms with Crippen molar-refractivity contribution in [1.29, 1.82) is 0 Å². The SMILES string of the molecule is OC(CN1CCN(c2ccc(F)cc2)CC1)C(F)(F)F. The molecule has 1 aromatic rings. The number of halogens is 4. The highest BCUT2D eigenvalue weighted by molar-refractivity contribution is 5.46. The summed E-state index contributed by atoms with van der Waals surface area (Å²) < 4.78 is 49.6. The molecular weight excluding hydrogens is 276 g/mol. The number of anilines is 1. The monoisotopic (exact) mass is 292 g/mol. The van der Waals surface area contributed by atoms with Gasteiger partial charge in [-0.3, -0.25) is 4.90 Å². The summed E-state index contributed by atoms with van der Waals surface area (Å²) in [6.45, 7) is 1.57. The van der Waals surface area contributed by atoms with Crippen LogP contribution in [0.5, 0.6) is 0 Å². The molecule has 3 nitrogen and oxygen atoms in total. The Labute approximate surface area is 114 Å². The highest BCUT2D eigenvalue weighted by Gasteiger charge is 2.39. The van der Waals surface area contributed by atoms with Crippen LogP contribution in [0.2, 0.25) is 0 Å². The maximum atomic E-state index is 12.8.